The predicted molar refractivity (Wildman–Crippen MR) is 111 cm³/mol. The monoisotopic (exact) mass is 446 g/mol. The van der Waals surface area contributed by atoms with Crippen LogP contribution in [0.1, 0.15) is 12.0 Å². The Hall–Kier alpha value is -2.85. The lowest BCUT2D eigenvalue weighted by molar-refractivity contribution is -0.122. The summed E-state index contributed by atoms with van der Waals surface area (Å²) >= 11 is 2.65. The molecule has 2 aromatic carbocycles. The molecular weight excluding hydrogens is 430 g/mol. The van der Waals surface area contributed by atoms with Gasteiger partial charge in [0.05, 0.1) is 11.6 Å². The number of amides is 2. The first-order valence-corrected chi connectivity index (χ1v) is 10.9. The molecule has 0 radical (unpaired) electrons. The van der Waals surface area contributed by atoms with E-state index in [0.29, 0.717) is 15.2 Å². The second-order valence-electron chi connectivity index (χ2n) is 6.63. The van der Waals surface area contributed by atoms with Gasteiger partial charge in [0.2, 0.25) is 16.9 Å². The fourth-order valence-corrected chi connectivity index (χ4v) is 4.75. The summed E-state index contributed by atoms with van der Waals surface area (Å²) < 4.78 is 27.6. The van der Waals surface area contributed by atoms with Crippen LogP contribution in [0, 0.1) is 17.6 Å². The number of hydrogen-bond acceptors (Lipinski definition) is 6. The standard InChI is InChI=1S/C20H16F2N4O2S2/c21-14-7-5-12(6-8-14)11-29-20-25-24-19(30-20)23-18(28)13-9-17(27)26(10-13)16-4-2-1-3-15(16)22/h1-8,13H,9-11H2,(H,23,24,28). The molecule has 1 N–H and O–H groups in total. The van der Waals surface area contributed by atoms with Crippen molar-refractivity contribution in [3.05, 3.63) is 65.7 Å². The number of carbonyl (C=O) groups is 2. The van der Waals surface area contributed by atoms with Crippen molar-refractivity contribution in [2.24, 2.45) is 5.92 Å². The van der Waals surface area contributed by atoms with E-state index in [4.69, 9.17) is 0 Å². The van der Waals surface area contributed by atoms with Gasteiger partial charge in [-0.1, -0.05) is 47.4 Å². The Morgan fingerprint density at radius 2 is 1.93 bits per heavy atom. The number of carbonyl (C=O) groups excluding carboxylic acids is 2. The molecule has 0 saturated carbocycles. The molecule has 2 amide bonds. The van der Waals surface area contributed by atoms with Crippen LogP contribution in [-0.2, 0) is 15.3 Å². The van der Waals surface area contributed by atoms with Crippen molar-refractivity contribution < 1.29 is 18.4 Å². The Morgan fingerprint density at radius 1 is 1.17 bits per heavy atom. The fraction of sp³-hybridized carbons (Fsp3) is 0.200. The highest BCUT2D eigenvalue weighted by molar-refractivity contribution is 8.00. The van der Waals surface area contributed by atoms with Crippen molar-refractivity contribution in [2.45, 2.75) is 16.5 Å². The van der Waals surface area contributed by atoms with Crippen LogP contribution in [0.4, 0.5) is 19.6 Å². The van der Waals surface area contributed by atoms with Gasteiger partial charge in [-0.15, -0.1) is 10.2 Å². The van der Waals surface area contributed by atoms with E-state index in [1.807, 2.05) is 0 Å². The zero-order valence-corrected chi connectivity index (χ0v) is 17.2. The summed E-state index contributed by atoms with van der Waals surface area (Å²) in [6.07, 6.45) is 0.00510. The van der Waals surface area contributed by atoms with E-state index in [2.05, 4.69) is 15.5 Å². The number of para-hydroxylation sites is 1. The molecule has 0 bridgehead atoms. The first-order valence-electron chi connectivity index (χ1n) is 9.06. The number of halogens is 2. The number of anilines is 2. The quantitative estimate of drug-likeness (QED) is 0.456. The Bertz CT molecular complexity index is 1070. The normalized spacial score (nSPS) is 16.1. The maximum absolute atomic E-state index is 14.0. The summed E-state index contributed by atoms with van der Waals surface area (Å²) in [5, 5.41) is 11.0. The number of thioether (sulfide) groups is 1. The van der Waals surface area contributed by atoms with Gasteiger partial charge in [-0.25, -0.2) is 8.78 Å². The minimum Gasteiger partial charge on any atom is -0.309 e. The van der Waals surface area contributed by atoms with E-state index in [1.165, 1.54) is 52.3 Å². The largest absolute Gasteiger partial charge is 0.309 e. The highest BCUT2D eigenvalue weighted by atomic mass is 32.2. The molecule has 0 spiro atoms. The third-order valence-corrected chi connectivity index (χ3v) is 6.59. The van der Waals surface area contributed by atoms with Gasteiger partial charge in [0.25, 0.3) is 0 Å². The van der Waals surface area contributed by atoms with Crippen molar-refractivity contribution in [3.8, 4) is 0 Å². The molecule has 1 aromatic heterocycles. The molecule has 1 aliphatic heterocycles. The molecule has 1 saturated heterocycles. The fourth-order valence-electron chi connectivity index (χ4n) is 3.04. The molecule has 1 unspecified atom stereocenters. The van der Waals surface area contributed by atoms with Crippen LogP contribution < -0.4 is 10.2 Å². The average molecular weight is 447 g/mol. The van der Waals surface area contributed by atoms with Crippen molar-refractivity contribution >= 4 is 45.7 Å². The second-order valence-corrected chi connectivity index (χ2v) is 8.83. The number of benzene rings is 2. The van der Waals surface area contributed by atoms with Crippen molar-refractivity contribution in [3.63, 3.8) is 0 Å². The van der Waals surface area contributed by atoms with Crippen LogP contribution in [-0.4, -0.2) is 28.6 Å². The lowest BCUT2D eigenvalue weighted by atomic mass is 10.1. The Labute approximate surface area is 179 Å². The molecule has 2 heterocycles. The summed E-state index contributed by atoms with van der Waals surface area (Å²) in [5.74, 6) is -1.45. The third kappa shape index (κ3) is 4.65. The van der Waals surface area contributed by atoms with Crippen molar-refractivity contribution in [1.82, 2.24) is 10.2 Å². The topological polar surface area (TPSA) is 75.2 Å². The van der Waals surface area contributed by atoms with Crippen LogP contribution in [0.25, 0.3) is 0 Å². The van der Waals surface area contributed by atoms with Crippen molar-refractivity contribution in [2.75, 3.05) is 16.8 Å². The van der Waals surface area contributed by atoms with Gasteiger partial charge >= 0.3 is 0 Å². The number of nitrogens with zero attached hydrogens (tertiary/aromatic N) is 3. The van der Waals surface area contributed by atoms with Gasteiger partial charge in [-0.05, 0) is 29.8 Å². The molecule has 10 heteroatoms. The van der Waals surface area contributed by atoms with E-state index in [-0.39, 0.29) is 36.3 Å². The zero-order valence-electron chi connectivity index (χ0n) is 15.5. The molecule has 0 aliphatic carbocycles. The van der Waals surface area contributed by atoms with Crippen LogP contribution in [0.2, 0.25) is 0 Å². The van der Waals surface area contributed by atoms with E-state index < -0.39 is 11.7 Å². The molecular formula is C20H16F2N4O2S2. The van der Waals surface area contributed by atoms with Gasteiger partial charge in [0.15, 0.2) is 4.34 Å². The lowest BCUT2D eigenvalue weighted by Crippen LogP contribution is -2.28. The average Bonchev–Trinajstić information content (AvgIpc) is 3.34. The summed E-state index contributed by atoms with van der Waals surface area (Å²) in [6.45, 7) is 0.108. The summed E-state index contributed by atoms with van der Waals surface area (Å²) in [4.78, 5) is 26.1. The maximum atomic E-state index is 14.0. The summed E-state index contributed by atoms with van der Waals surface area (Å²) in [7, 11) is 0. The van der Waals surface area contributed by atoms with Crippen LogP contribution >= 0.6 is 23.1 Å². The molecule has 6 nitrogen and oxygen atoms in total. The first kappa shape index (κ1) is 20.4. The van der Waals surface area contributed by atoms with Crippen LogP contribution in [0.15, 0.2) is 52.9 Å². The molecule has 3 aromatic rings. The maximum Gasteiger partial charge on any atom is 0.231 e. The minimum absolute atomic E-state index is 0.00510. The number of nitrogens with one attached hydrogen (secondary N) is 1. The van der Waals surface area contributed by atoms with Gasteiger partial charge in [0, 0.05) is 18.7 Å². The van der Waals surface area contributed by atoms with Gasteiger partial charge in [-0.3, -0.25) is 9.59 Å². The Kier molecular flexibility index (Phi) is 6.05. The minimum atomic E-state index is -0.601. The predicted octanol–water partition coefficient (Wildman–Crippen LogP) is 4.10. The molecule has 1 atom stereocenters. The lowest BCUT2D eigenvalue weighted by Gasteiger charge is -2.17. The van der Waals surface area contributed by atoms with Crippen LogP contribution in [0.3, 0.4) is 0 Å². The van der Waals surface area contributed by atoms with E-state index in [9.17, 15) is 18.4 Å². The summed E-state index contributed by atoms with van der Waals surface area (Å²) in [5.41, 5.74) is 1.12. The van der Waals surface area contributed by atoms with Gasteiger partial charge in [-0.2, -0.15) is 0 Å². The molecule has 154 valence electrons. The molecule has 4 rings (SSSR count). The number of hydrogen-bond donors (Lipinski definition) is 1. The Morgan fingerprint density at radius 3 is 2.70 bits per heavy atom. The number of rotatable bonds is 6. The van der Waals surface area contributed by atoms with Gasteiger partial charge < -0.3 is 10.2 Å². The third-order valence-electron chi connectivity index (χ3n) is 4.55. The van der Waals surface area contributed by atoms with E-state index in [0.717, 1.165) is 5.56 Å². The van der Waals surface area contributed by atoms with E-state index >= 15 is 0 Å². The second kappa shape index (κ2) is 8.88. The smallest absolute Gasteiger partial charge is 0.231 e. The van der Waals surface area contributed by atoms with Crippen molar-refractivity contribution in [1.29, 1.82) is 0 Å². The molecule has 30 heavy (non-hydrogen) atoms. The highest BCUT2D eigenvalue weighted by Gasteiger charge is 2.36. The first-order chi connectivity index (χ1) is 14.5. The number of aromatic nitrogens is 2. The van der Waals surface area contributed by atoms with E-state index in [1.54, 1.807) is 24.3 Å². The highest BCUT2D eigenvalue weighted by Crippen LogP contribution is 2.30. The Balaban J connectivity index is 1.34. The molecule has 1 aliphatic rings. The van der Waals surface area contributed by atoms with Crippen LogP contribution in [0.5, 0.6) is 0 Å². The zero-order chi connectivity index (χ0) is 21.1. The van der Waals surface area contributed by atoms with Gasteiger partial charge in [0.1, 0.15) is 11.6 Å². The molecule has 1 fully saturated rings. The SMILES string of the molecule is O=C(Nc1nnc(SCc2ccc(F)cc2)s1)C1CC(=O)N(c2ccccc2F)C1. The summed E-state index contributed by atoms with van der Waals surface area (Å²) in [6, 6.07) is 12.2.